The fourth-order valence-electron chi connectivity index (χ4n) is 2.30. The molecule has 1 heterocycles. The normalized spacial score (nSPS) is 10.1. The van der Waals surface area contributed by atoms with Gasteiger partial charge in [-0.05, 0) is 30.3 Å². The van der Waals surface area contributed by atoms with E-state index in [1.807, 2.05) is 6.07 Å². The van der Waals surface area contributed by atoms with Crippen LogP contribution in [0, 0.1) is 10.1 Å². The van der Waals surface area contributed by atoms with Crippen LogP contribution in [-0.2, 0) is 0 Å². The van der Waals surface area contributed by atoms with E-state index >= 15 is 0 Å². The quantitative estimate of drug-likeness (QED) is 0.570. The number of aromatic nitrogens is 1. The number of nitro groups is 1. The van der Waals surface area contributed by atoms with Crippen molar-refractivity contribution >= 4 is 23.0 Å². The number of carbonyl (C=O) groups excluding carboxylic acids is 1. The van der Waals surface area contributed by atoms with Crippen LogP contribution < -0.4 is 10.4 Å². The third-order valence-electron chi connectivity index (χ3n) is 3.44. The molecule has 1 N–H and O–H groups in total. The number of pyridine rings is 1. The Morgan fingerprint density at radius 1 is 0.960 bits per heavy atom. The number of hydrogen-bond acceptors (Lipinski definition) is 5. The summed E-state index contributed by atoms with van der Waals surface area (Å²) >= 11 is 0. The van der Waals surface area contributed by atoms with Crippen molar-refractivity contribution in [3.8, 4) is 0 Å². The van der Waals surface area contributed by atoms with Crippen LogP contribution in [0.1, 0.15) is 10.5 Å². The Labute approximate surface area is 143 Å². The first kappa shape index (κ1) is 16.1. The molecule has 7 heteroatoms. The minimum Gasteiger partial charge on any atom is -0.266 e. The van der Waals surface area contributed by atoms with Crippen molar-refractivity contribution in [2.75, 3.05) is 5.01 Å². The Morgan fingerprint density at radius 3 is 2.32 bits per heavy atom. The molecule has 1 aromatic heterocycles. The third-order valence-corrected chi connectivity index (χ3v) is 3.44. The maximum absolute atomic E-state index is 12.5. The van der Waals surface area contributed by atoms with Gasteiger partial charge in [0, 0.05) is 12.3 Å². The number of amides is 1. The summed E-state index contributed by atoms with van der Waals surface area (Å²) < 4.78 is 0. The fourth-order valence-corrected chi connectivity index (χ4v) is 2.30. The van der Waals surface area contributed by atoms with Crippen molar-refractivity contribution in [1.29, 1.82) is 0 Å². The van der Waals surface area contributed by atoms with Gasteiger partial charge in [-0.2, -0.15) is 0 Å². The molecule has 7 nitrogen and oxygen atoms in total. The zero-order valence-electron chi connectivity index (χ0n) is 13.1. The predicted molar refractivity (Wildman–Crippen MR) is 93.4 cm³/mol. The van der Waals surface area contributed by atoms with E-state index in [0.29, 0.717) is 5.69 Å². The number of nitro benzene ring substituents is 1. The van der Waals surface area contributed by atoms with Gasteiger partial charge >= 0.3 is 0 Å². The summed E-state index contributed by atoms with van der Waals surface area (Å²) in [6.45, 7) is 0. The number of hydrazine groups is 1. The van der Waals surface area contributed by atoms with Crippen molar-refractivity contribution in [3.63, 3.8) is 0 Å². The van der Waals surface area contributed by atoms with Crippen molar-refractivity contribution in [2.45, 2.75) is 0 Å². The molecular weight excluding hydrogens is 320 g/mol. The second-order valence-electron chi connectivity index (χ2n) is 5.07. The SMILES string of the molecule is O=C(NN(c1ccccc1)c1ccccc1[N+](=O)[O-])c1ccccn1. The molecule has 0 saturated carbocycles. The topological polar surface area (TPSA) is 88.4 Å². The number of para-hydroxylation sites is 3. The van der Waals surface area contributed by atoms with Crippen molar-refractivity contribution in [1.82, 2.24) is 10.4 Å². The molecule has 0 aliphatic carbocycles. The Balaban J connectivity index is 2.03. The molecule has 124 valence electrons. The number of carbonyl (C=O) groups is 1. The van der Waals surface area contributed by atoms with Gasteiger partial charge in [0.2, 0.25) is 0 Å². The molecule has 0 atom stereocenters. The van der Waals surface area contributed by atoms with E-state index < -0.39 is 10.8 Å². The highest BCUT2D eigenvalue weighted by atomic mass is 16.6. The second kappa shape index (κ2) is 7.22. The number of anilines is 2. The Hall–Kier alpha value is -3.74. The zero-order valence-corrected chi connectivity index (χ0v) is 13.1. The average Bonchev–Trinajstić information content (AvgIpc) is 2.67. The zero-order chi connectivity index (χ0) is 17.6. The van der Waals surface area contributed by atoms with Crippen LogP contribution in [0.25, 0.3) is 0 Å². The van der Waals surface area contributed by atoms with Crippen LogP contribution in [0.2, 0.25) is 0 Å². The first-order chi connectivity index (χ1) is 12.2. The lowest BCUT2D eigenvalue weighted by Gasteiger charge is -2.24. The van der Waals surface area contributed by atoms with E-state index in [0.717, 1.165) is 0 Å². The maximum Gasteiger partial charge on any atom is 0.294 e. The predicted octanol–water partition coefficient (Wildman–Crippen LogP) is 3.47. The van der Waals surface area contributed by atoms with Crippen molar-refractivity contribution in [2.24, 2.45) is 0 Å². The summed E-state index contributed by atoms with van der Waals surface area (Å²) in [6.07, 6.45) is 1.51. The largest absolute Gasteiger partial charge is 0.294 e. The van der Waals surface area contributed by atoms with E-state index in [1.165, 1.54) is 17.3 Å². The van der Waals surface area contributed by atoms with E-state index in [-0.39, 0.29) is 17.1 Å². The van der Waals surface area contributed by atoms with Gasteiger partial charge in [-0.1, -0.05) is 36.4 Å². The Kier molecular flexibility index (Phi) is 4.66. The molecule has 0 radical (unpaired) electrons. The van der Waals surface area contributed by atoms with Gasteiger partial charge in [-0.15, -0.1) is 0 Å². The van der Waals surface area contributed by atoms with Crippen LogP contribution in [0.15, 0.2) is 79.0 Å². The standard InChI is InChI=1S/C18H14N4O3/c23-18(15-10-6-7-13-19-15)20-21(14-8-2-1-3-9-14)16-11-4-5-12-17(16)22(24)25/h1-13H,(H,20,23). The van der Waals surface area contributed by atoms with Gasteiger partial charge in [0.1, 0.15) is 11.4 Å². The molecule has 0 bridgehead atoms. The molecule has 2 aromatic carbocycles. The highest BCUT2D eigenvalue weighted by Crippen LogP contribution is 2.31. The summed E-state index contributed by atoms with van der Waals surface area (Å²) in [7, 11) is 0. The molecule has 1 amide bonds. The van der Waals surface area contributed by atoms with Crippen LogP contribution in [0.3, 0.4) is 0 Å². The molecule has 0 spiro atoms. The van der Waals surface area contributed by atoms with E-state index in [4.69, 9.17) is 0 Å². The summed E-state index contributed by atoms with van der Waals surface area (Å²) in [4.78, 5) is 27.4. The fraction of sp³-hybridized carbons (Fsp3) is 0. The number of rotatable bonds is 5. The third kappa shape index (κ3) is 3.61. The van der Waals surface area contributed by atoms with Gasteiger partial charge in [0.25, 0.3) is 11.6 Å². The first-order valence-corrected chi connectivity index (χ1v) is 7.47. The van der Waals surface area contributed by atoms with E-state index in [9.17, 15) is 14.9 Å². The lowest BCUT2D eigenvalue weighted by molar-refractivity contribution is -0.384. The van der Waals surface area contributed by atoms with Gasteiger partial charge < -0.3 is 0 Å². The smallest absolute Gasteiger partial charge is 0.266 e. The van der Waals surface area contributed by atoms with Crippen LogP contribution in [-0.4, -0.2) is 15.8 Å². The molecule has 0 aliphatic rings. The summed E-state index contributed by atoms with van der Waals surface area (Å²) in [5, 5.41) is 12.8. The molecule has 3 aromatic rings. The van der Waals surface area contributed by atoms with Gasteiger partial charge in [-0.3, -0.25) is 25.3 Å². The van der Waals surface area contributed by atoms with Crippen LogP contribution in [0.5, 0.6) is 0 Å². The molecule has 0 fully saturated rings. The number of nitrogens with zero attached hydrogens (tertiary/aromatic N) is 3. The maximum atomic E-state index is 12.5. The van der Waals surface area contributed by atoms with E-state index in [1.54, 1.807) is 60.7 Å². The van der Waals surface area contributed by atoms with Crippen LogP contribution >= 0.6 is 0 Å². The van der Waals surface area contributed by atoms with Gasteiger partial charge in [-0.25, -0.2) is 5.01 Å². The first-order valence-electron chi connectivity index (χ1n) is 7.47. The number of benzene rings is 2. The average molecular weight is 334 g/mol. The summed E-state index contributed by atoms with van der Waals surface area (Å²) in [5.74, 6) is -0.470. The summed E-state index contributed by atoms with van der Waals surface area (Å²) in [6, 6.07) is 20.0. The second-order valence-corrected chi connectivity index (χ2v) is 5.07. The molecule has 0 aliphatic heterocycles. The highest BCUT2D eigenvalue weighted by molar-refractivity contribution is 5.94. The number of hydrogen-bond donors (Lipinski definition) is 1. The minimum atomic E-state index is -0.488. The van der Waals surface area contributed by atoms with E-state index in [2.05, 4.69) is 10.4 Å². The number of nitrogens with one attached hydrogen (secondary N) is 1. The highest BCUT2D eigenvalue weighted by Gasteiger charge is 2.22. The van der Waals surface area contributed by atoms with Crippen molar-refractivity contribution < 1.29 is 9.72 Å². The lowest BCUT2D eigenvalue weighted by atomic mass is 10.2. The van der Waals surface area contributed by atoms with Gasteiger partial charge in [0.15, 0.2) is 0 Å². The minimum absolute atomic E-state index is 0.118. The van der Waals surface area contributed by atoms with Crippen molar-refractivity contribution in [3.05, 3.63) is 94.8 Å². The van der Waals surface area contributed by atoms with Crippen LogP contribution in [0.4, 0.5) is 17.1 Å². The summed E-state index contributed by atoms with van der Waals surface area (Å²) in [5.41, 5.74) is 3.62. The lowest BCUT2D eigenvalue weighted by Crippen LogP contribution is -2.39. The molecular formula is C18H14N4O3. The Morgan fingerprint density at radius 2 is 1.64 bits per heavy atom. The molecule has 0 saturated heterocycles. The Bertz CT molecular complexity index is 885. The molecule has 3 rings (SSSR count). The molecule has 25 heavy (non-hydrogen) atoms. The molecule has 0 unspecified atom stereocenters. The monoisotopic (exact) mass is 334 g/mol. The van der Waals surface area contributed by atoms with Gasteiger partial charge in [0.05, 0.1) is 10.6 Å².